The van der Waals surface area contributed by atoms with Crippen molar-refractivity contribution in [3.8, 4) is 5.75 Å². The standard InChI is InChI=1S/C30H18Cl4N2O4S/c31-20-5-9-22(10-6-20)35-30-36(23-11-7-21(32)8-12-23)28(37)26(41-30)15-18-13-24(33)27(25(34)14-18)40-16-17-1-3-19(4-2-17)29(38)39/h1-15H,16H2,(H,38,39)/b26-15-,35-30?. The Kier molecular flexibility index (Phi) is 8.92. The molecule has 0 radical (unpaired) electrons. The molecule has 1 fully saturated rings. The second kappa shape index (κ2) is 12.6. The second-order valence-electron chi connectivity index (χ2n) is 8.70. The Morgan fingerprint density at radius 2 is 1.46 bits per heavy atom. The summed E-state index contributed by atoms with van der Waals surface area (Å²) in [5.41, 5.74) is 2.76. The highest BCUT2D eigenvalue weighted by atomic mass is 35.5. The van der Waals surface area contributed by atoms with Crippen LogP contribution in [0.1, 0.15) is 21.5 Å². The van der Waals surface area contributed by atoms with Crippen LogP contribution in [0.5, 0.6) is 5.75 Å². The monoisotopic (exact) mass is 642 g/mol. The number of amides is 1. The summed E-state index contributed by atoms with van der Waals surface area (Å²) in [6.45, 7) is 0.134. The van der Waals surface area contributed by atoms with Gasteiger partial charge in [-0.15, -0.1) is 0 Å². The van der Waals surface area contributed by atoms with Crippen molar-refractivity contribution in [1.29, 1.82) is 0 Å². The third kappa shape index (κ3) is 6.89. The number of carbonyl (C=O) groups excluding carboxylic acids is 1. The van der Waals surface area contributed by atoms with Crippen LogP contribution in [0.15, 0.2) is 94.8 Å². The van der Waals surface area contributed by atoms with Crippen LogP contribution in [0, 0.1) is 0 Å². The van der Waals surface area contributed by atoms with Crippen LogP contribution in [0.2, 0.25) is 20.1 Å². The van der Waals surface area contributed by atoms with Crippen molar-refractivity contribution >= 4 is 92.7 Å². The lowest BCUT2D eigenvalue weighted by Gasteiger charge is -2.15. The van der Waals surface area contributed by atoms with Gasteiger partial charge >= 0.3 is 5.97 Å². The predicted molar refractivity (Wildman–Crippen MR) is 167 cm³/mol. The Bertz CT molecular complexity index is 1670. The summed E-state index contributed by atoms with van der Waals surface area (Å²) >= 11 is 26.3. The van der Waals surface area contributed by atoms with E-state index in [2.05, 4.69) is 4.99 Å². The van der Waals surface area contributed by atoms with Crippen LogP contribution in [0.3, 0.4) is 0 Å². The first-order chi connectivity index (χ1) is 19.7. The molecule has 11 heteroatoms. The van der Waals surface area contributed by atoms with Gasteiger partial charge in [-0.3, -0.25) is 9.69 Å². The summed E-state index contributed by atoms with van der Waals surface area (Å²) in [4.78, 5) is 31.3. The van der Waals surface area contributed by atoms with Gasteiger partial charge in [0.1, 0.15) is 6.61 Å². The molecule has 0 aromatic heterocycles. The number of amidine groups is 1. The maximum absolute atomic E-state index is 13.6. The molecular weight excluding hydrogens is 626 g/mol. The lowest BCUT2D eigenvalue weighted by Crippen LogP contribution is -2.28. The number of aliphatic imine (C=N–C) groups is 1. The molecule has 0 aliphatic carbocycles. The summed E-state index contributed by atoms with van der Waals surface area (Å²) < 4.78 is 5.82. The summed E-state index contributed by atoms with van der Waals surface area (Å²) in [7, 11) is 0. The predicted octanol–water partition coefficient (Wildman–Crippen LogP) is 9.39. The molecule has 1 saturated heterocycles. The number of carboxylic acid groups (broad SMARTS) is 1. The van der Waals surface area contributed by atoms with E-state index in [1.807, 2.05) is 0 Å². The van der Waals surface area contributed by atoms with Gasteiger partial charge in [-0.1, -0.05) is 58.5 Å². The normalized spacial score (nSPS) is 15.1. The van der Waals surface area contributed by atoms with E-state index in [4.69, 9.17) is 56.2 Å². The molecule has 4 aromatic rings. The van der Waals surface area contributed by atoms with Gasteiger partial charge in [0.2, 0.25) is 0 Å². The first-order valence-electron chi connectivity index (χ1n) is 12.0. The second-order valence-corrected chi connectivity index (χ2v) is 11.4. The number of thioether (sulfide) groups is 1. The van der Waals surface area contributed by atoms with Crippen LogP contribution in [-0.4, -0.2) is 22.2 Å². The molecule has 1 amide bonds. The third-order valence-corrected chi connectivity index (χ3v) is 7.88. The average Bonchev–Trinajstić information content (AvgIpc) is 3.24. The number of ether oxygens (including phenoxy) is 1. The molecule has 206 valence electrons. The van der Waals surface area contributed by atoms with Crippen LogP contribution < -0.4 is 9.64 Å². The van der Waals surface area contributed by atoms with Crippen molar-refractivity contribution in [2.45, 2.75) is 6.61 Å². The largest absolute Gasteiger partial charge is 0.486 e. The van der Waals surface area contributed by atoms with Gasteiger partial charge in [-0.05, 0) is 102 Å². The highest BCUT2D eigenvalue weighted by Gasteiger charge is 2.35. The van der Waals surface area contributed by atoms with Crippen LogP contribution in [0.25, 0.3) is 6.08 Å². The van der Waals surface area contributed by atoms with Crippen molar-refractivity contribution in [3.63, 3.8) is 0 Å². The van der Waals surface area contributed by atoms with Crippen LogP contribution in [0.4, 0.5) is 11.4 Å². The van der Waals surface area contributed by atoms with Crippen LogP contribution in [-0.2, 0) is 11.4 Å². The van der Waals surface area contributed by atoms with Crippen molar-refractivity contribution in [2.75, 3.05) is 4.90 Å². The molecule has 41 heavy (non-hydrogen) atoms. The van der Waals surface area contributed by atoms with E-state index in [0.29, 0.717) is 37.1 Å². The number of carbonyl (C=O) groups is 2. The van der Waals surface area contributed by atoms with Gasteiger partial charge in [0.25, 0.3) is 5.91 Å². The van der Waals surface area contributed by atoms with Gasteiger partial charge in [-0.2, -0.15) is 0 Å². The Morgan fingerprint density at radius 3 is 2.05 bits per heavy atom. The number of carboxylic acids is 1. The summed E-state index contributed by atoms with van der Waals surface area (Å²) in [5, 5.41) is 11.2. The number of hydrogen-bond acceptors (Lipinski definition) is 5. The molecular formula is C30H18Cl4N2O4S. The fourth-order valence-electron chi connectivity index (χ4n) is 3.84. The van der Waals surface area contributed by atoms with E-state index in [0.717, 1.165) is 5.56 Å². The Morgan fingerprint density at radius 1 is 0.878 bits per heavy atom. The smallest absolute Gasteiger partial charge is 0.335 e. The molecule has 6 nitrogen and oxygen atoms in total. The SMILES string of the molecule is O=C(O)c1ccc(COc2c(Cl)cc(/C=C3\SC(=Nc4ccc(Cl)cc4)N(c4ccc(Cl)cc4)C3=O)cc2Cl)cc1. The first kappa shape index (κ1) is 29.0. The Labute approximate surface area is 259 Å². The molecule has 0 bridgehead atoms. The van der Waals surface area contributed by atoms with E-state index < -0.39 is 5.97 Å². The number of anilines is 1. The highest BCUT2D eigenvalue weighted by Crippen LogP contribution is 2.40. The topological polar surface area (TPSA) is 79.2 Å². The van der Waals surface area contributed by atoms with Gasteiger partial charge < -0.3 is 9.84 Å². The molecule has 1 N–H and O–H groups in total. The molecule has 1 heterocycles. The molecule has 0 spiro atoms. The molecule has 0 unspecified atom stereocenters. The van der Waals surface area contributed by atoms with Crippen molar-refractivity contribution in [1.82, 2.24) is 0 Å². The van der Waals surface area contributed by atoms with Crippen molar-refractivity contribution in [3.05, 3.63) is 127 Å². The number of hydrogen-bond donors (Lipinski definition) is 1. The molecule has 4 aromatic carbocycles. The summed E-state index contributed by atoms with van der Waals surface area (Å²) in [6, 6.07) is 23.5. The Hall–Kier alpha value is -3.46. The molecule has 5 rings (SSSR count). The van der Waals surface area contributed by atoms with E-state index in [1.54, 1.807) is 78.9 Å². The minimum atomic E-state index is -1.01. The maximum atomic E-state index is 13.6. The summed E-state index contributed by atoms with van der Waals surface area (Å²) in [6.07, 6.45) is 1.69. The molecule has 0 saturated carbocycles. The minimum Gasteiger partial charge on any atom is -0.486 e. The van der Waals surface area contributed by atoms with Gasteiger partial charge in [0.15, 0.2) is 10.9 Å². The van der Waals surface area contributed by atoms with Gasteiger partial charge in [0.05, 0.1) is 31.9 Å². The highest BCUT2D eigenvalue weighted by molar-refractivity contribution is 8.19. The summed E-state index contributed by atoms with van der Waals surface area (Å²) in [5.74, 6) is -1.01. The van der Waals surface area contributed by atoms with Crippen molar-refractivity contribution in [2.24, 2.45) is 4.99 Å². The quantitative estimate of drug-likeness (QED) is 0.203. The third-order valence-electron chi connectivity index (χ3n) is 5.85. The zero-order chi connectivity index (χ0) is 29.1. The fourth-order valence-corrected chi connectivity index (χ4v) is 5.71. The van der Waals surface area contributed by atoms with E-state index in [9.17, 15) is 9.59 Å². The Balaban J connectivity index is 1.41. The lowest BCUT2D eigenvalue weighted by molar-refractivity contribution is -0.113. The molecule has 0 atom stereocenters. The number of halogens is 4. The lowest BCUT2D eigenvalue weighted by atomic mass is 10.1. The number of nitrogens with zero attached hydrogens (tertiary/aromatic N) is 2. The van der Waals surface area contributed by atoms with Gasteiger partial charge in [0, 0.05) is 10.0 Å². The zero-order valence-electron chi connectivity index (χ0n) is 20.9. The van der Waals surface area contributed by atoms with Gasteiger partial charge in [-0.25, -0.2) is 9.79 Å². The first-order valence-corrected chi connectivity index (χ1v) is 14.3. The minimum absolute atomic E-state index is 0.134. The molecule has 1 aliphatic heterocycles. The average molecular weight is 644 g/mol. The number of rotatable bonds is 7. The zero-order valence-corrected chi connectivity index (χ0v) is 24.7. The van der Waals surface area contributed by atoms with Crippen molar-refractivity contribution < 1.29 is 19.4 Å². The van der Waals surface area contributed by atoms with E-state index in [1.165, 1.54) is 28.8 Å². The number of aromatic carboxylic acids is 1. The fraction of sp³-hybridized carbons (Fsp3) is 0.0333. The van der Waals surface area contributed by atoms with E-state index in [-0.39, 0.29) is 33.9 Å². The maximum Gasteiger partial charge on any atom is 0.335 e. The van der Waals surface area contributed by atoms with E-state index >= 15 is 0 Å². The number of benzene rings is 4. The van der Waals surface area contributed by atoms with Crippen LogP contribution >= 0.6 is 58.2 Å². The molecule has 1 aliphatic rings.